The van der Waals surface area contributed by atoms with Crippen LogP contribution in [-0.4, -0.2) is 29.3 Å². The van der Waals surface area contributed by atoms with Crippen LogP contribution in [0.3, 0.4) is 0 Å². The van der Waals surface area contributed by atoms with E-state index in [0.29, 0.717) is 18.1 Å². The van der Waals surface area contributed by atoms with Crippen molar-refractivity contribution in [1.29, 1.82) is 0 Å². The van der Waals surface area contributed by atoms with Crippen molar-refractivity contribution in [2.75, 3.05) is 13.7 Å². The number of hydrogen-bond acceptors (Lipinski definition) is 3. The highest BCUT2D eigenvalue weighted by Crippen LogP contribution is 2.32. The maximum atomic E-state index is 5.44. The molecule has 0 radical (unpaired) electrons. The molecule has 1 heterocycles. The maximum absolute atomic E-state index is 5.44. The Morgan fingerprint density at radius 3 is 3.00 bits per heavy atom. The molecule has 0 aromatic carbocycles. The van der Waals surface area contributed by atoms with Gasteiger partial charge in [-0.1, -0.05) is 13.8 Å². The average Bonchev–Trinajstić information content (AvgIpc) is 2.95. The van der Waals surface area contributed by atoms with Gasteiger partial charge in [-0.2, -0.15) is 0 Å². The number of hydrogen-bond donors (Lipinski definition) is 1. The molecular formula is C14H25N3O. The fourth-order valence-electron chi connectivity index (χ4n) is 2.67. The van der Waals surface area contributed by atoms with Crippen LogP contribution < -0.4 is 5.32 Å². The lowest BCUT2D eigenvalue weighted by molar-refractivity contribution is 0.105. The van der Waals surface area contributed by atoms with Crippen LogP contribution in [0, 0.1) is 5.92 Å². The van der Waals surface area contributed by atoms with Gasteiger partial charge >= 0.3 is 0 Å². The fourth-order valence-corrected chi connectivity index (χ4v) is 2.67. The van der Waals surface area contributed by atoms with E-state index in [1.807, 2.05) is 19.6 Å². The van der Waals surface area contributed by atoms with Gasteiger partial charge in [0, 0.05) is 25.9 Å². The lowest BCUT2D eigenvalue weighted by Crippen LogP contribution is -2.21. The highest BCUT2D eigenvalue weighted by molar-refractivity contribution is 5.01. The normalized spacial score (nSPS) is 24.0. The summed E-state index contributed by atoms with van der Waals surface area (Å²) in [6.07, 6.45) is 7.85. The Kier molecular flexibility index (Phi) is 4.78. The number of ether oxygens (including phenoxy) is 1. The minimum atomic E-state index is 0.425. The molecule has 4 nitrogen and oxygen atoms in total. The predicted octanol–water partition coefficient (Wildman–Crippen LogP) is 2.37. The minimum Gasteiger partial charge on any atom is -0.381 e. The van der Waals surface area contributed by atoms with E-state index in [-0.39, 0.29) is 0 Å². The smallest absolute Gasteiger partial charge is 0.0951 e. The molecular weight excluding hydrogens is 226 g/mol. The molecule has 18 heavy (non-hydrogen) atoms. The summed E-state index contributed by atoms with van der Waals surface area (Å²) in [6.45, 7) is 6.41. The number of imidazole rings is 1. The first kappa shape index (κ1) is 13.6. The quantitative estimate of drug-likeness (QED) is 0.843. The molecule has 2 unspecified atom stereocenters. The Morgan fingerprint density at radius 1 is 1.50 bits per heavy atom. The third-order valence-electron chi connectivity index (χ3n) is 3.69. The van der Waals surface area contributed by atoms with Gasteiger partial charge in [-0.15, -0.1) is 0 Å². The molecule has 0 aliphatic heterocycles. The summed E-state index contributed by atoms with van der Waals surface area (Å²) in [6, 6.07) is 0.563. The van der Waals surface area contributed by atoms with Crippen molar-refractivity contribution in [3.8, 4) is 0 Å². The van der Waals surface area contributed by atoms with Crippen LogP contribution in [0.1, 0.15) is 44.8 Å². The number of rotatable bonds is 6. The van der Waals surface area contributed by atoms with Gasteiger partial charge in [0.25, 0.3) is 0 Å². The highest BCUT2D eigenvalue weighted by atomic mass is 16.5. The summed E-state index contributed by atoms with van der Waals surface area (Å²) in [4.78, 5) is 4.30. The van der Waals surface area contributed by atoms with Crippen LogP contribution >= 0.6 is 0 Å². The van der Waals surface area contributed by atoms with E-state index in [4.69, 9.17) is 4.74 Å². The van der Waals surface area contributed by atoms with Crippen molar-refractivity contribution in [2.45, 2.75) is 51.8 Å². The van der Waals surface area contributed by atoms with Gasteiger partial charge in [0.2, 0.25) is 0 Å². The molecule has 1 aromatic heterocycles. The van der Waals surface area contributed by atoms with Gasteiger partial charge in [0.1, 0.15) is 0 Å². The largest absolute Gasteiger partial charge is 0.381 e. The molecule has 1 N–H and O–H groups in total. The summed E-state index contributed by atoms with van der Waals surface area (Å²) >= 11 is 0. The number of nitrogens with one attached hydrogen (secondary N) is 1. The highest BCUT2D eigenvalue weighted by Gasteiger charge is 2.26. The van der Waals surface area contributed by atoms with Crippen molar-refractivity contribution in [2.24, 2.45) is 5.92 Å². The summed E-state index contributed by atoms with van der Waals surface area (Å²) in [5.41, 5.74) is 1.29. The molecule has 0 bridgehead atoms. The molecule has 1 aliphatic carbocycles. The van der Waals surface area contributed by atoms with E-state index >= 15 is 0 Å². The second-order valence-electron chi connectivity index (χ2n) is 5.64. The number of methoxy groups -OCH3 is 1. The van der Waals surface area contributed by atoms with Gasteiger partial charge in [0.05, 0.1) is 18.1 Å². The molecule has 1 fully saturated rings. The molecule has 102 valence electrons. The second kappa shape index (κ2) is 6.34. The van der Waals surface area contributed by atoms with E-state index < -0.39 is 0 Å². The maximum Gasteiger partial charge on any atom is 0.0951 e. The second-order valence-corrected chi connectivity index (χ2v) is 5.64. The number of aromatic nitrogens is 2. The van der Waals surface area contributed by atoms with Crippen LogP contribution in [0.2, 0.25) is 0 Å². The molecule has 1 aromatic rings. The molecule has 0 spiro atoms. The zero-order chi connectivity index (χ0) is 13.0. The third kappa shape index (κ3) is 3.33. The zero-order valence-electron chi connectivity index (χ0n) is 11.7. The van der Waals surface area contributed by atoms with E-state index in [1.165, 1.54) is 12.1 Å². The first-order valence-electron chi connectivity index (χ1n) is 6.95. The van der Waals surface area contributed by atoms with Crippen LogP contribution in [0.5, 0.6) is 0 Å². The third-order valence-corrected chi connectivity index (χ3v) is 3.69. The molecule has 2 atom stereocenters. The van der Waals surface area contributed by atoms with Crippen molar-refractivity contribution in [3.63, 3.8) is 0 Å². The predicted molar refractivity (Wildman–Crippen MR) is 72.5 cm³/mol. The van der Waals surface area contributed by atoms with E-state index in [9.17, 15) is 0 Å². The lowest BCUT2D eigenvalue weighted by atomic mass is 10.2. The average molecular weight is 251 g/mol. The number of nitrogens with zero attached hydrogens (tertiary/aromatic N) is 2. The standard InChI is InChI=1S/C14H25N3O/c1-11(2)7-15-8-13-9-16-10-17(13)12-4-5-14(6-12)18-3/h9-12,14-15H,4-8H2,1-3H3. The van der Waals surface area contributed by atoms with Crippen molar-refractivity contribution in [1.82, 2.24) is 14.9 Å². The molecule has 4 heteroatoms. The first-order chi connectivity index (χ1) is 8.70. The molecule has 0 saturated heterocycles. The van der Waals surface area contributed by atoms with Gasteiger partial charge in [-0.25, -0.2) is 4.98 Å². The molecule has 0 amide bonds. The zero-order valence-corrected chi connectivity index (χ0v) is 11.7. The van der Waals surface area contributed by atoms with Crippen molar-refractivity contribution in [3.05, 3.63) is 18.2 Å². The van der Waals surface area contributed by atoms with Gasteiger partial charge < -0.3 is 14.6 Å². The monoisotopic (exact) mass is 251 g/mol. The summed E-state index contributed by atoms with van der Waals surface area (Å²) in [5, 5.41) is 3.48. The Bertz CT molecular complexity index is 362. The lowest BCUT2D eigenvalue weighted by Gasteiger charge is -2.16. The first-order valence-corrected chi connectivity index (χ1v) is 6.95. The van der Waals surface area contributed by atoms with Gasteiger partial charge in [-0.3, -0.25) is 0 Å². The van der Waals surface area contributed by atoms with Crippen LogP contribution in [0.25, 0.3) is 0 Å². The van der Waals surface area contributed by atoms with Crippen molar-refractivity contribution >= 4 is 0 Å². The molecule has 1 saturated carbocycles. The molecule has 1 aliphatic rings. The summed E-state index contributed by atoms with van der Waals surface area (Å²) in [5.74, 6) is 0.686. The van der Waals surface area contributed by atoms with Gasteiger partial charge in [-0.05, 0) is 31.7 Å². The van der Waals surface area contributed by atoms with E-state index in [1.54, 1.807) is 0 Å². The summed E-state index contributed by atoms with van der Waals surface area (Å²) in [7, 11) is 1.81. The Hall–Kier alpha value is -0.870. The Morgan fingerprint density at radius 2 is 2.33 bits per heavy atom. The summed E-state index contributed by atoms with van der Waals surface area (Å²) < 4.78 is 7.77. The SMILES string of the molecule is COC1CCC(n2cncc2CNCC(C)C)C1. The van der Waals surface area contributed by atoms with Gasteiger partial charge in [0.15, 0.2) is 0 Å². The van der Waals surface area contributed by atoms with Crippen molar-refractivity contribution < 1.29 is 4.74 Å². The Balaban J connectivity index is 1.91. The van der Waals surface area contributed by atoms with Crippen LogP contribution in [-0.2, 0) is 11.3 Å². The van der Waals surface area contributed by atoms with Crippen LogP contribution in [0.4, 0.5) is 0 Å². The topological polar surface area (TPSA) is 39.1 Å². The van der Waals surface area contributed by atoms with Crippen LogP contribution in [0.15, 0.2) is 12.5 Å². The Labute approximate surface area is 110 Å². The minimum absolute atomic E-state index is 0.425. The molecule has 2 rings (SSSR count). The fraction of sp³-hybridized carbons (Fsp3) is 0.786. The van der Waals surface area contributed by atoms with E-state index in [0.717, 1.165) is 25.9 Å². The van der Waals surface area contributed by atoms with E-state index in [2.05, 4.69) is 28.7 Å².